The highest BCUT2D eigenvalue weighted by atomic mass is 32.1. The summed E-state index contributed by atoms with van der Waals surface area (Å²) < 4.78 is 5.59. The van der Waals surface area contributed by atoms with Crippen molar-refractivity contribution < 1.29 is 4.43 Å². The van der Waals surface area contributed by atoms with Crippen molar-refractivity contribution in [2.45, 2.75) is 109 Å². The second-order valence-corrected chi connectivity index (χ2v) is 12.3. The van der Waals surface area contributed by atoms with E-state index in [9.17, 15) is 0 Å². The van der Waals surface area contributed by atoms with Gasteiger partial charge in [-0.15, -0.1) is 0 Å². The smallest absolute Gasteiger partial charge is 0.186 e. The van der Waals surface area contributed by atoms with Gasteiger partial charge in [0, 0.05) is 7.11 Å². The van der Waals surface area contributed by atoms with Crippen LogP contribution in [0.25, 0.3) is 0 Å². The molecule has 0 heterocycles. The van der Waals surface area contributed by atoms with E-state index < -0.39 is 8.32 Å². The van der Waals surface area contributed by atoms with Crippen molar-refractivity contribution >= 4 is 20.9 Å². The van der Waals surface area contributed by atoms with Crippen molar-refractivity contribution in [2.75, 3.05) is 12.9 Å². The Morgan fingerprint density at radius 2 is 0.909 bits per heavy atom. The van der Waals surface area contributed by atoms with E-state index in [2.05, 4.69) is 25.7 Å². The quantitative estimate of drug-likeness (QED) is 0.166. The van der Waals surface area contributed by atoms with Gasteiger partial charge in [0.05, 0.1) is 0 Å². The molecular weight excluding hydrogens is 304 g/mol. The van der Waals surface area contributed by atoms with Crippen LogP contribution in [0.1, 0.15) is 89.9 Å². The number of rotatable bonds is 17. The van der Waals surface area contributed by atoms with Crippen LogP contribution >= 0.6 is 12.6 Å². The first-order valence-corrected chi connectivity index (χ1v) is 13.5. The molecular formula is C19H42OSSi. The Bertz CT molecular complexity index is 221. The summed E-state index contributed by atoms with van der Waals surface area (Å²) in [6.07, 6.45) is 19.9. The largest absolute Gasteiger partial charge is 0.420 e. The standard InChI is InChI=1S/C19H42OSSi/c1-20-22(2,3)19-17-15-13-11-9-7-5-4-6-8-10-12-14-16-18-21/h21H,4-19H2,1-3H3. The molecule has 0 amide bonds. The fraction of sp³-hybridized carbons (Fsp3) is 1.00. The lowest BCUT2D eigenvalue weighted by atomic mass is 10.0. The molecule has 0 spiro atoms. The summed E-state index contributed by atoms with van der Waals surface area (Å²) in [6, 6.07) is 1.33. The van der Waals surface area contributed by atoms with E-state index in [0.29, 0.717) is 0 Å². The van der Waals surface area contributed by atoms with E-state index in [1.165, 1.54) is 95.9 Å². The van der Waals surface area contributed by atoms with E-state index in [1.54, 1.807) is 0 Å². The highest BCUT2D eigenvalue weighted by molar-refractivity contribution is 7.80. The normalized spacial score (nSPS) is 12.0. The predicted octanol–water partition coefficient (Wildman–Crippen LogP) is 7.23. The molecule has 134 valence electrons. The molecule has 0 atom stereocenters. The first kappa shape index (κ1) is 22.5. The molecule has 0 radical (unpaired) electrons. The summed E-state index contributed by atoms with van der Waals surface area (Å²) in [5.74, 6) is 1.06. The molecule has 0 aromatic rings. The third kappa shape index (κ3) is 16.9. The zero-order chi connectivity index (χ0) is 16.5. The number of hydrogen-bond donors (Lipinski definition) is 1. The molecule has 0 bridgehead atoms. The minimum absolute atomic E-state index is 1.06. The molecule has 0 rings (SSSR count). The lowest BCUT2D eigenvalue weighted by Gasteiger charge is -2.19. The summed E-state index contributed by atoms with van der Waals surface area (Å²) in [5, 5.41) is 0. The molecule has 0 unspecified atom stereocenters. The average Bonchev–Trinajstić information content (AvgIpc) is 2.51. The first-order chi connectivity index (χ1) is 10.6. The maximum atomic E-state index is 5.59. The van der Waals surface area contributed by atoms with Gasteiger partial charge in [0.25, 0.3) is 0 Å². The topological polar surface area (TPSA) is 9.23 Å². The van der Waals surface area contributed by atoms with Crippen molar-refractivity contribution in [3.63, 3.8) is 0 Å². The lowest BCUT2D eigenvalue weighted by Crippen LogP contribution is -2.27. The van der Waals surface area contributed by atoms with Crippen LogP contribution in [-0.2, 0) is 4.43 Å². The first-order valence-electron chi connectivity index (χ1n) is 9.78. The molecule has 0 N–H and O–H groups in total. The number of hydrogen-bond acceptors (Lipinski definition) is 2. The van der Waals surface area contributed by atoms with E-state index in [4.69, 9.17) is 4.43 Å². The summed E-state index contributed by atoms with van der Waals surface area (Å²) >= 11 is 4.25. The van der Waals surface area contributed by atoms with E-state index in [0.717, 1.165) is 5.75 Å². The molecule has 0 aromatic heterocycles. The highest BCUT2D eigenvalue weighted by Gasteiger charge is 2.18. The van der Waals surface area contributed by atoms with Crippen molar-refractivity contribution in [1.29, 1.82) is 0 Å². The monoisotopic (exact) mass is 346 g/mol. The molecule has 22 heavy (non-hydrogen) atoms. The minimum Gasteiger partial charge on any atom is -0.420 e. The Kier molecular flexibility index (Phi) is 16.8. The molecule has 0 aromatic carbocycles. The zero-order valence-corrected chi connectivity index (χ0v) is 17.6. The van der Waals surface area contributed by atoms with Crippen molar-refractivity contribution in [2.24, 2.45) is 0 Å². The SMILES string of the molecule is CO[Si](C)(C)CCCCCCCCCCCCCCCCS. The Labute approximate surface area is 147 Å². The third-order valence-electron chi connectivity index (χ3n) is 4.74. The average molecular weight is 347 g/mol. The van der Waals surface area contributed by atoms with Gasteiger partial charge in [0.15, 0.2) is 8.32 Å². The number of unbranched alkanes of at least 4 members (excludes halogenated alkanes) is 13. The molecule has 0 fully saturated rings. The van der Waals surface area contributed by atoms with Crippen molar-refractivity contribution in [3.05, 3.63) is 0 Å². The van der Waals surface area contributed by atoms with Gasteiger partial charge in [-0.2, -0.15) is 12.6 Å². The van der Waals surface area contributed by atoms with Crippen molar-refractivity contribution in [3.8, 4) is 0 Å². The van der Waals surface area contributed by atoms with Gasteiger partial charge < -0.3 is 4.43 Å². The van der Waals surface area contributed by atoms with Crippen molar-refractivity contribution in [1.82, 2.24) is 0 Å². The Hall–Kier alpha value is 0.527. The minimum atomic E-state index is -1.29. The third-order valence-corrected chi connectivity index (χ3v) is 7.72. The lowest BCUT2D eigenvalue weighted by molar-refractivity contribution is 0.400. The van der Waals surface area contributed by atoms with Crippen LogP contribution < -0.4 is 0 Å². The fourth-order valence-electron chi connectivity index (χ4n) is 2.89. The molecule has 0 saturated carbocycles. The van der Waals surface area contributed by atoms with Crippen LogP contribution in [-0.4, -0.2) is 21.2 Å². The molecule has 0 aliphatic rings. The summed E-state index contributed by atoms with van der Waals surface area (Å²) in [5.41, 5.74) is 0. The summed E-state index contributed by atoms with van der Waals surface area (Å²) in [7, 11) is 0.597. The van der Waals surface area contributed by atoms with Gasteiger partial charge in [0.2, 0.25) is 0 Å². The molecule has 1 nitrogen and oxygen atoms in total. The maximum absolute atomic E-state index is 5.59. The van der Waals surface area contributed by atoms with Gasteiger partial charge in [-0.1, -0.05) is 83.5 Å². The maximum Gasteiger partial charge on any atom is 0.186 e. The Morgan fingerprint density at radius 1 is 0.591 bits per heavy atom. The van der Waals surface area contributed by atoms with E-state index in [-0.39, 0.29) is 0 Å². The van der Waals surface area contributed by atoms with E-state index in [1.807, 2.05) is 7.11 Å². The van der Waals surface area contributed by atoms with Gasteiger partial charge >= 0.3 is 0 Å². The zero-order valence-electron chi connectivity index (χ0n) is 15.7. The fourth-order valence-corrected chi connectivity index (χ4v) is 4.42. The molecule has 3 heteroatoms. The Balaban J connectivity index is 3.06. The highest BCUT2D eigenvalue weighted by Crippen LogP contribution is 2.17. The molecule has 0 aliphatic carbocycles. The van der Waals surface area contributed by atoms with Crippen LogP contribution in [0, 0.1) is 0 Å². The second-order valence-electron chi connectivity index (χ2n) is 7.39. The predicted molar refractivity (Wildman–Crippen MR) is 108 cm³/mol. The Morgan fingerprint density at radius 3 is 1.23 bits per heavy atom. The van der Waals surface area contributed by atoms with Crippen LogP contribution in [0.5, 0.6) is 0 Å². The van der Waals surface area contributed by atoms with Gasteiger partial charge in [-0.3, -0.25) is 0 Å². The summed E-state index contributed by atoms with van der Waals surface area (Å²) in [6.45, 7) is 4.65. The van der Waals surface area contributed by atoms with Crippen LogP contribution in [0.15, 0.2) is 0 Å². The number of thiol groups is 1. The van der Waals surface area contributed by atoms with Crippen LogP contribution in [0.3, 0.4) is 0 Å². The molecule has 0 aliphatic heterocycles. The van der Waals surface area contributed by atoms with Gasteiger partial charge in [0.1, 0.15) is 0 Å². The van der Waals surface area contributed by atoms with Crippen LogP contribution in [0.4, 0.5) is 0 Å². The van der Waals surface area contributed by atoms with Gasteiger partial charge in [-0.25, -0.2) is 0 Å². The van der Waals surface area contributed by atoms with Gasteiger partial charge in [-0.05, 0) is 31.3 Å². The summed E-state index contributed by atoms with van der Waals surface area (Å²) in [4.78, 5) is 0. The second kappa shape index (κ2) is 16.4. The van der Waals surface area contributed by atoms with E-state index >= 15 is 0 Å². The molecule has 0 saturated heterocycles. The van der Waals surface area contributed by atoms with Crippen LogP contribution in [0.2, 0.25) is 19.1 Å².